The molecule has 0 aliphatic heterocycles. The zero-order chi connectivity index (χ0) is 20.3. The van der Waals surface area contributed by atoms with Gasteiger partial charge < -0.3 is 14.2 Å². The molecule has 0 aliphatic carbocycles. The molecule has 0 fully saturated rings. The molecule has 7 nitrogen and oxygen atoms in total. The second-order valence-electron chi connectivity index (χ2n) is 6.54. The maximum Gasteiger partial charge on any atom is 0.276 e. The fourth-order valence-corrected chi connectivity index (χ4v) is 3.01. The largest absolute Gasteiger partial charge is 0.489 e. The van der Waals surface area contributed by atoms with Crippen LogP contribution in [0.15, 0.2) is 35.0 Å². The van der Waals surface area contributed by atoms with E-state index in [0.29, 0.717) is 28.6 Å². The van der Waals surface area contributed by atoms with Gasteiger partial charge in [-0.1, -0.05) is 16.8 Å². The van der Waals surface area contributed by atoms with Gasteiger partial charge in [0.15, 0.2) is 5.69 Å². The number of carbonyl (C=O) groups excluding carboxylic acids is 1. The predicted molar refractivity (Wildman–Crippen MR) is 105 cm³/mol. The van der Waals surface area contributed by atoms with E-state index in [1.54, 1.807) is 49.3 Å². The topological polar surface area (TPSA) is 73.4 Å². The molecule has 0 N–H and O–H groups in total. The van der Waals surface area contributed by atoms with Crippen molar-refractivity contribution >= 4 is 17.5 Å². The molecule has 3 aromatic rings. The Balaban J connectivity index is 1.72. The quantitative estimate of drug-likeness (QED) is 0.597. The molecule has 0 aliphatic rings. The van der Waals surface area contributed by atoms with Crippen molar-refractivity contribution in [3.63, 3.8) is 0 Å². The highest BCUT2D eigenvalue weighted by Crippen LogP contribution is 2.21. The van der Waals surface area contributed by atoms with Gasteiger partial charge in [-0.2, -0.15) is 5.10 Å². The summed E-state index contributed by atoms with van der Waals surface area (Å²) in [5, 5.41) is 8.92. The molecule has 3 rings (SSSR count). The summed E-state index contributed by atoms with van der Waals surface area (Å²) in [6.07, 6.45) is 1.79. The van der Waals surface area contributed by atoms with Gasteiger partial charge in [0.25, 0.3) is 5.91 Å². The number of amides is 1. The van der Waals surface area contributed by atoms with Gasteiger partial charge in [-0.15, -0.1) is 0 Å². The van der Waals surface area contributed by atoms with Crippen molar-refractivity contribution in [1.82, 2.24) is 19.8 Å². The predicted octanol–water partition coefficient (Wildman–Crippen LogP) is 4.01. The third-order valence-electron chi connectivity index (χ3n) is 4.64. The molecular weight excluding hydrogens is 380 g/mol. The van der Waals surface area contributed by atoms with E-state index in [2.05, 4.69) is 10.3 Å². The summed E-state index contributed by atoms with van der Waals surface area (Å²) in [6.45, 7) is 7.20. The van der Waals surface area contributed by atoms with Gasteiger partial charge in [0.05, 0.1) is 11.8 Å². The summed E-state index contributed by atoms with van der Waals surface area (Å²) in [4.78, 5) is 14.5. The molecule has 148 valence electrons. The van der Waals surface area contributed by atoms with E-state index in [4.69, 9.17) is 20.9 Å². The molecule has 1 aromatic carbocycles. The molecule has 28 heavy (non-hydrogen) atoms. The first-order valence-electron chi connectivity index (χ1n) is 9.01. The second kappa shape index (κ2) is 8.48. The highest BCUT2D eigenvalue weighted by Gasteiger charge is 2.24. The Morgan fingerprint density at radius 2 is 2.00 bits per heavy atom. The van der Waals surface area contributed by atoms with Gasteiger partial charge >= 0.3 is 0 Å². The molecule has 2 aromatic heterocycles. The minimum absolute atomic E-state index is 0.179. The third kappa shape index (κ3) is 4.20. The average Bonchev–Trinajstić information content (AvgIpc) is 3.23. The fourth-order valence-electron chi connectivity index (χ4n) is 2.88. The van der Waals surface area contributed by atoms with Crippen LogP contribution in [0.3, 0.4) is 0 Å². The number of hydrogen-bond acceptors (Lipinski definition) is 5. The number of aryl methyl sites for hydroxylation is 2. The summed E-state index contributed by atoms with van der Waals surface area (Å²) < 4.78 is 12.9. The number of benzene rings is 1. The Bertz CT molecular complexity index is 962. The van der Waals surface area contributed by atoms with Crippen LogP contribution in [-0.2, 0) is 19.7 Å². The number of hydrogen-bond donors (Lipinski definition) is 0. The second-order valence-corrected chi connectivity index (χ2v) is 6.98. The highest BCUT2D eigenvalue weighted by molar-refractivity contribution is 6.30. The Kier molecular flexibility index (Phi) is 6.04. The lowest BCUT2D eigenvalue weighted by molar-refractivity contribution is 0.0772. The van der Waals surface area contributed by atoms with Crippen molar-refractivity contribution < 1.29 is 14.1 Å². The zero-order valence-electron chi connectivity index (χ0n) is 16.4. The summed E-state index contributed by atoms with van der Waals surface area (Å²) in [6, 6.07) is 7.03. The molecular formula is C20H23ClN4O3. The molecule has 1 amide bonds. The smallest absolute Gasteiger partial charge is 0.276 e. The van der Waals surface area contributed by atoms with Crippen molar-refractivity contribution in [2.75, 3.05) is 7.05 Å². The number of aromatic nitrogens is 3. The van der Waals surface area contributed by atoms with Crippen LogP contribution in [-0.4, -0.2) is 32.8 Å². The molecule has 0 atom stereocenters. The van der Waals surface area contributed by atoms with Gasteiger partial charge in [-0.3, -0.25) is 9.48 Å². The van der Waals surface area contributed by atoms with Crippen molar-refractivity contribution in [3.05, 3.63) is 63.8 Å². The van der Waals surface area contributed by atoms with E-state index < -0.39 is 0 Å². The van der Waals surface area contributed by atoms with Gasteiger partial charge in [0.1, 0.15) is 18.1 Å². The molecule has 0 spiro atoms. The number of halogens is 1. The fraction of sp³-hybridized carbons (Fsp3) is 0.350. The highest BCUT2D eigenvalue weighted by atomic mass is 35.5. The maximum atomic E-state index is 12.9. The van der Waals surface area contributed by atoms with E-state index in [1.165, 1.54) is 0 Å². The third-order valence-corrected chi connectivity index (χ3v) is 4.89. The molecule has 0 radical (unpaired) electrons. The van der Waals surface area contributed by atoms with Crippen molar-refractivity contribution in [2.24, 2.45) is 0 Å². The molecule has 0 bridgehead atoms. The van der Waals surface area contributed by atoms with E-state index in [1.807, 2.05) is 18.5 Å². The van der Waals surface area contributed by atoms with E-state index in [0.717, 1.165) is 17.8 Å². The van der Waals surface area contributed by atoms with E-state index >= 15 is 0 Å². The SMILES string of the molecule is CCn1ncc(CN(C)C(=O)c2noc(C)c2COc2ccc(Cl)cc2)c1C. The van der Waals surface area contributed by atoms with Crippen LogP contribution in [0.25, 0.3) is 0 Å². The van der Waals surface area contributed by atoms with E-state index in [-0.39, 0.29) is 18.2 Å². The average molecular weight is 403 g/mol. The number of carbonyl (C=O) groups is 1. The minimum Gasteiger partial charge on any atom is -0.489 e. The van der Waals surface area contributed by atoms with Crippen LogP contribution in [0.1, 0.15) is 40.0 Å². The first-order valence-corrected chi connectivity index (χ1v) is 9.38. The van der Waals surface area contributed by atoms with Gasteiger partial charge in [0, 0.05) is 36.4 Å². The van der Waals surface area contributed by atoms with Crippen LogP contribution < -0.4 is 4.74 Å². The molecule has 0 unspecified atom stereocenters. The Labute approximate surface area is 168 Å². The Morgan fingerprint density at radius 3 is 2.64 bits per heavy atom. The summed E-state index contributed by atoms with van der Waals surface area (Å²) in [7, 11) is 1.74. The van der Waals surface area contributed by atoms with Gasteiger partial charge in [-0.25, -0.2) is 0 Å². The van der Waals surface area contributed by atoms with Crippen LogP contribution in [0, 0.1) is 13.8 Å². The maximum absolute atomic E-state index is 12.9. The van der Waals surface area contributed by atoms with Crippen LogP contribution in [0.2, 0.25) is 5.02 Å². The van der Waals surface area contributed by atoms with Crippen molar-refractivity contribution in [2.45, 2.75) is 40.5 Å². The van der Waals surface area contributed by atoms with Crippen LogP contribution in [0.4, 0.5) is 0 Å². The monoisotopic (exact) mass is 402 g/mol. The zero-order valence-corrected chi connectivity index (χ0v) is 17.2. The number of ether oxygens (including phenoxy) is 1. The lowest BCUT2D eigenvalue weighted by Gasteiger charge is -2.16. The lowest BCUT2D eigenvalue weighted by Crippen LogP contribution is -2.27. The van der Waals surface area contributed by atoms with Crippen molar-refractivity contribution in [1.29, 1.82) is 0 Å². The summed E-state index contributed by atoms with van der Waals surface area (Å²) in [5.74, 6) is 0.982. The normalized spacial score (nSPS) is 10.9. The first-order chi connectivity index (χ1) is 13.4. The minimum atomic E-state index is -0.227. The first kappa shape index (κ1) is 19.9. The number of nitrogens with zero attached hydrogens (tertiary/aromatic N) is 4. The van der Waals surface area contributed by atoms with Gasteiger partial charge in [0.2, 0.25) is 0 Å². The van der Waals surface area contributed by atoms with Crippen LogP contribution in [0.5, 0.6) is 5.75 Å². The summed E-state index contributed by atoms with van der Waals surface area (Å²) in [5.41, 5.74) is 2.93. The lowest BCUT2D eigenvalue weighted by atomic mass is 10.1. The molecule has 0 saturated carbocycles. The Morgan fingerprint density at radius 1 is 1.29 bits per heavy atom. The standard InChI is InChI=1S/C20H23ClN4O3/c1-5-25-13(2)15(10-22-25)11-24(4)20(26)19-18(14(3)28-23-19)12-27-17-8-6-16(21)7-9-17/h6-10H,5,11-12H2,1-4H3. The van der Waals surface area contributed by atoms with Crippen molar-refractivity contribution in [3.8, 4) is 5.75 Å². The van der Waals surface area contributed by atoms with Crippen LogP contribution >= 0.6 is 11.6 Å². The molecule has 8 heteroatoms. The van der Waals surface area contributed by atoms with Gasteiger partial charge in [-0.05, 0) is 45.0 Å². The summed E-state index contributed by atoms with van der Waals surface area (Å²) >= 11 is 5.89. The number of rotatable bonds is 7. The molecule has 0 saturated heterocycles. The molecule has 2 heterocycles. The van der Waals surface area contributed by atoms with E-state index in [9.17, 15) is 4.79 Å². The Hall–Kier alpha value is -2.80.